The van der Waals surface area contributed by atoms with Gasteiger partial charge in [-0.15, -0.1) is 16.8 Å². The van der Waals surface area contributed by atoms with Crippen LogP contribution >= 0.6 is 11.6 Å². The Labute approximate surface area is 190 Å². The Morgan fingerprint density at radius 2 is 2.03 bits per heavy atom. The van der Waals surface area contributed by atoms with Crippen LogP contribution in [0.5, 0.6) is 0 Å². The van der Waals surface area contributed by atoms with Gasteiger partial charge in [-0.1, -0.05) is 35.9 Å². The van der Waals surface area contributed by atoms with E-state index in [1.165, 1.54) is 5.56 Å². The van der Waals surface area contributed by atoms with Gasteiger partial charge in [0.1, 0.15) is 12.1 Å². The second kappa shape index (κ2) is 8.40. The van der Waals surface area contributed by atoms with Gasteiger partial charge in [0.2, 0.25) is 0 Å². The SMILES string of the molecule is C=CCCc1ccc(-c2cccc(N(C)c3nc4nncn4c4cc(Cl)ccc34)c2)nc1. The van der Waals surface area contributed by atoms with Crippen molar-refractivity contribution in [3.05, 3.63) is 90.4 Å². The van der Waals surface area contributed by atoms with E-state index in [1.54, 1.807) is 6.33 Å². The number of rotatable bonds is 6. The summed E-state index contributed by atoms with van der Waals surface area (Å²) >= 11 is 6.26. The van der Waals surface area contributed by atoms with Crippen molar-refractivity contribution in [2.75, 3.05) is 11.9 Å². The van der Waals surface area contributed by atoms with Gasteiger partial charge in [-0.05, 0) is 54.8 Å². The number of hydrogen-bond acceptors (Lipinski definition) is 5. The molecule has 0 aliphatic heterocycles. The van der Waals surface area contributed by atoms with E-state index >= 15 is 0 Å². The highest BCUT2D eigenvalue weighted by Gasteiger charge is 2.15. The van der Waals surface area contributed by atoms with Crippen LogP contribution in [0.4, 0.5) is 11.5 Å². The van der Waals surface area contributed by atoms with Crippen molar-refractivity contribution in [2.45, 2.75) is 12.8 Å². The molecule has 0 saturated carbocycles. The van der Waals surface area contributed by atoms with Crippen molar-refractivity contribution in [2.24, 2.45) is 0 Å². The number of anilines is 2. The maximum Gasteiger partial charge on any atom is 0.257 e. The minimum atomic E-state index is 0.523. The largest absolute Gasteiger partial charge is 0.329 e. The van der Waals surface area contributed by atoms with Gasteiger partial charge in [0.05, 0.1) is 11.2 Å². The van der Waals surface area contributed by atoms with Crippen LogP contribution in [0.1, 0.15) is 12.0 Å². The van der Waals surface area contributed by atoms with Crippen LogP contribution in [0.3, 0.4) is 0 Å². The fourth-order valence-corrected chi connectivity index (χ4v) is 3.95. The first-order valence-corrected chi connectivity index (χ1v) is 10.7. The van der Waals surface area contributed by atoms with Crippen molar-refractivity contribution in [3.63, 3.8) is 0 Å². The number of pyridine rings is 1. The summed E-state index contributed by atoms with van der Waals surface area (Å²) in [6.07, 6.45) is 7.41. The number of aryl methyl sites for hydroxylation is 1. The molecule has 158 valence electrons. The molecule has 6 nitrogen and oxygen atoms in total. The predicted octanol–water partition coefficient (Wildman–Crippen LogP) is 5.88. The maximum absolute atomic E-state index is 6.26. The van der Waals surface area contributed by atoms with E-state index in [1.807, 2.05) is 52.9 Å². The Hall–Kier alpha value is -3.77. The molecule has 32 heavy (non-hydrogen) atoms. The quantitative estimate of drug-likeness (QED) is 0.308. The van der Waals surface area contributed by atoms with Crippen LogP contribution < -0.4 is 4.90 Å². The molecule has 0 atom stereocenters. The lowest BCUT2D eigenvalue weighted by molar-refractivity contribution is 0.991. The maximum atomic E-state index is 6.26. The molecule has 7 heteroatoms. The fourth-order valence-electron chi connectivity index (χ4n) is 3.79. The molecule has 3 heterocycles. The summed E-state index contributed by atoms with van der Waals surface area (Å²) in [6, 6.07) is 18.2. The summed E-state index contributed by atoms with van der Waals surface area (Å²) in [6.45, 7) is 3.78. The number of hydrogen-bond donors (Lipinski definition) is 0. The molecule has 0 saturated heterocycles. The Kier molecular flexibility index (Phi) is 5.29. The molecule has 3 aromatic heterocycles. The summed E-state index contributed by atoms with van der Waals surface area (Å²) in [5, 5.41) is 9.76. The molecule has 5 rings (SSSR count). The average molecular weight is 441 g/mol. The first-order valence-electron chi connectivity index (χ1n) is 10.3. The lowest BCUT2D eigenvalue weighted by Crippen LogP contribution is -2.13. The van der Waals surface area contributed by atoms with Crippen LogP contribution in [-0.2, 0) is 6.42 Å². The van der Waals surface area contributed by atoms with E-state index in [0.29, 0.717) is 10.8 Å². The van der Waals surface area contributed by atoms with Gasteiger partial charge >= 0.3 is 0 Å². The van der Waals surface area contributed by atoms with Gasteiger partial charge < -0.3 is 4.90 Å². The summed E-state index contributed by atoms with van der Waals surface area (Å²) in [5.74, 6) is 1.30. The van der Waals surface area contributed by atoms with Gasteiger partial charge in [-0.2, -0.15) is 4.98 Å². The van der Waals surface area contributed by atoms with Gasteiger partial charge in [0.25, 0.3) is 5.78 Å². The van der Waals surface area contributed by atoms with Crippen molar-refractivity contribution < 1.29 is 0 Å². The molecule has 0 fully saturated rings. The molecule has 0 radical (unpaired) electrons. The Bertz CT molecular complexity index is 1420. The molecule has 5 aromatic rings. The van der Waals surface area contributed by atoms with Gasteiger partial charge in [-0.3, -0.25) is 9.38 Å². The highest BCUT2D eigenvalue weighted by Crippen LogP contribution is 2.33. The molecule has 0 amide bonds. The fraction of sp³-hybridized carbons (Fsp3) is 0.120. The number of allylic oxidation sites excluding steroid dienone is 1. The van der Waals surface area contributed by atoms with Crippen LogP contribution in [-0.4, -0.2) is 31.6 Å². The normalized spacial score (nSPS) is 11.2. The smallest absolute Gasteiger partial charge is 0.257 e. The van der Waals surface area contributed by atoms with Crippen LogP contribution in [0.15, 0.2) is 79.8 Å². The zero-order chi connectivity index (χ0) is 22.1. The number of aromatic nitrogens is 5. The molecule has 0 N–H and O–H groups in total. The second-order valence-electron chi connectivity index (χ2n) is 7.59. The number of nitrogens with zero attached hydrogens (tertiary/aromatic N) is 6. The topological polar surface area (TPSA) is 59.2 Å². The first kappa shape index (κ1) is 20.2. The third kappa shape index (κ3) is 3.69. The summed E-state index contributed by atoms with van der Waals surface area (Å²) in [5.41, 5.74) is 5.08. The van der Waals surface area contributed by atoms with E-state index < -0.39 is 0 Å². The molecule has 2 aromatic carbocycles. The van der Waals surface area contributed by atoms with Crippen LogP contribution in [0.2, 0.25) is 5.02 Å². The minimum Gasteiger partial charge on any atom is -0.329 e. The van der Waals surface area contributed by atoms with Crippen molar-refractivity contribution in [3.8, 4) is 11.3 Å². The monoisotopic (exact) mass is 440 g/mol. The molecular formula is C25H21ClN6. The van der Waals surface area contributed by atoms with E-state index in [-0.39, 0.29) is 0 Å². The summed E-state index contributed by atoms with van der Waals surface area (Å²) in [7, 11) is 1.99. The van der Waals surface area contributed by atoms with Crippen molar-refractivity contribution >= 4 is 39.8 Å². The predicted molar refractivity (Wildman–Crippen MR) is 130 cm³/mol. The molecule has 0 aliphatic carbocycles. The standard InChI is InChI=1S/C25H21ClN6/c1-3-4-6-17-9-12-22(27-15-17)18-7-5-8-20(13-18)31(2)24-21-11-10-19(26)14-23(21)32-16-28-30-25(32)29-24/h3,5,7-16H,1,4,6H2,2H3. The lowest BCUT2D eigenvalue weighted by atomic mass is 10.1. The third-order valence-corrected chi connectivity index (χ3v) is 5.74. The number of halogens is 1. The highest BCUT2D eigenvalue weighted by molar-refractivity contribution is 6.31. The molecule has 0 spiro atoms. The van der Waals surface area contributed by atoms with E-state index in [4.69, 9.17) is 16.6 Å². The van der Waals surface area contributed by atoms with Gasteiger partial charge in [0, 0.05) is 34.9 Å². The minimum absolute atomic E-state index is 0.523. The second-order valence-corrected chi connectivity index (χ2v) is 8.02. The Morgan fingerprint density at radius 1 is 1.12 bits per heavy atom. The molecule has 0 aliphatic rings. The zero-order valence-electron chi connectivity index (χ0n) is 17.6. The zero-order valence-corrected chi connectivity index (χ0v) is 18.4. The van der Waals surface area contributed by atoms with Crippen LogP contribution in [0.25, 0.3) is 27.9 Å². The van der Waals surface area contributed by atoms with Gasteiger partial charge in [0.15, 0.2) is 0 Å². The van der Waals surface area contributed by atoms with E-state index in [9.17, 15) is 0 Å². The lowest BCUT2D eigenvalue weighted by Gasteiger charge is -2.21. The molecule has 0 unspecified atom stereocenters. The van der Waals surface area contributed by atoms with Crippen LogP contribution in [0, 0.1) is 0 Å². The van der Waals surface area contributed by atoms with Crippen molar-refractivity contribution in [1.82, 2.24) is 24.6 Å². The van der Waals surface area contributed by atoms with Crippen molar-refractivity contribution in [1.29, 1.82) is 0 Å². The molecule has 0 bridgehead atoms. The Morgan fingerprint density at radius 3 is 2.84 bits per heavy atom. The first-order chi connectivity index (χ1) is 15.6. The average Bonchev–Trinajstić information content (AvgIpc) is 3.31. The summed E-state index contributed by atoms with van der Waals surface area (Å²) in [4.78, 5) is 11.5. The van der Waals surface area contributed by atoms with Gasteiger partial charge in [-0.25, -0.2) is 0 Å². The summed E-state index contributed by atoms with van der Waals surface area (Å²) < 4.78 is 1.84. The van der Waals surface area contributed by atoms with E-state index in [0.717, 1.165) is 46.5 Å². The Balaban J connectivity index is 1.54. The number of fused-ring (bicyclic) bond motifs is 3. The highest BCUT2D eigenvalue weighted by atomic mass is 35.5. The van der Waals surface area contributed by atoms with E-state index in [2.05, 4.69) is 52.1 Å². The third-order valence-electron chi connectivity index (χ3n) is 5.50. The molecular weight excluding hydrogens is 420 g/mol. The number of benzene rings is 2.